The Morgan fingerprint density at radius 1 is 1.09 bits per heavy atom. The molecule has 1 aromatic rings. The molecule has 0 N–H and O–H groups in total. The number of allylic oxidation sites excluding steroid dienone is 4. The lowest BCUT2D eigenvalue weighted by atomic mass is 9.81. The van der Waals surface area contributed by atoms with Gasteiger partial charge in [-0.25, -0.2) is 0 Å². The number of nitriles is 1. The van der Waals surface area contributed by atoms with E-state index in [1.807, 2.05) is 6.08 Å². The van der Waals surface area contributed by atoms with Crippen molar-refractivity contribution in [2.75, 3.05) is 0 Å². The minimum atomic E-state index is -0.780. The maximum Gasteiger partial charge on any atom is 0.309 e. The van der Waals surface area contributed by atoms with E-state index in [0.717, 1.165) is 57.8 Å². The fraction of sp³-hybridized carbons (Fsp3) is 0.571. The molecule has 0 radical (unpaired) electrons. The predicted molar refractivity (Wildman–Crippen MR) is 126 cm³/mol. The zero-order chi connectivity index (χ0) is 22.8. The molecule has 0 unspecified atom stereocenters. The van der Waals surface area contributed by atoms with Crippen LogP contribution in [0.2, 0.25) is 0 Å². The molecule has 2 aliphatic carbocycles. The molecular weight excluding hydrogens is 401 g/mol. The van der Waals surface area contributed by atoms with E-state index in [1.165, 1.54) is 36.1 Å². The lowest BCUT2D eigenvalue weighted by Gasteiger charge is -2.31. The smallest absolute Gasteiger partial charge is 0.309 e. The van der Waals surface area contributed by atoms with Crippen LogP contribution in [-0.2, 0) is 16.0 Å². The Hall–Kier alpha value is -2.41. The topological polar surface area (TPSA) is 50.1 Å². The Labute approximate surface area is 192 Å². The second-order valence-electron chi connectivity index (χ2n) is 9.38. The van der Waals surface area contributed by atoms with Crippen molar-refractivity contribution < 1.29 is 13.9 Å². The Morgan fingerprint density at radius 2 is 1.78 bits per heavy atom. The van der Waals surface area contributed by atoms with Gasteiger partial charge >= 0.3 is 5.97 Å². The van der Waals surface area contributed by atoms with E-state index in [4.69, 9.17) is 10.00 Å². The number of rotatable bonds is 8. The van der Waals surface area contributed by atoms with Gasteiger partial charge < -0.3 is 4.74 Å². The van der Waals surface area contributed by atoms with Crippen LogP contribution < -0.4 is 0 Å². The number of nitrogens with zero attached hydrogens (tertiary/aromatic N) is 1. The molecule has 3 rings (SSSR count). The molecule has 0 amide bonds. The van der Waals surface area contributed by atoms with E-state index in [9.17, 15) is 9.18 Å². The third-order valence-electron chi connectivity index (χ3n) is 7.06. The number of ether oxygens (including phenoxy) is 1. The summed E-state index contributed by atoms with van der Waals surface area (Å²) in [7, 11) is 0. The number of aryl methyl sites for hydroxylation is 1. The van der Waals surface area contributed by atoms with Gasteiger partial charge in [-0.05, 0) is 93.2 Å². The van der Waals surface area contributed by atoms with Crippen LogP contribution in [0.25, 0.3) is 0 Å². The van der Waals surface area contributed by atoms with Crippen molar-refractivity contribution in [2.45, 2.75) is 89.6 Å². The van der Waals surface area contributed by atoms with Crippen molar-refractivity contribution in [3.05, 3.63) is 59.4 Å². The van der Waals surface area contributed by atoms with E-state index < -0.39 is 5.83 Å². The highest BCUT2D eigenvalue weighted by atomic mass is 19.1. The molecule has 0 bridgehead atoms. The second kappa shape index (κ2) is 12.6. The van der Waals surface area contributed by atoms with Gasteiger partial charge in [0.25, 0.3) is 0 Å². The van der Waals surface area contributed by atoms with Crippen molar-refractivity contribution >= 4 is 5.97 Å². The molecule has 0 spiro atoms. The summed E-state index contributed by atoms with van der Waals surface area (Å²) >= 11 is 0. The van der Waals surface area contributed by atoms with Crippen LogP contribution in [0.3, 0.4) is 0 Å². The number of carbonyl (C=O) groups is 1. The number of esters is 1. The lowest BCUT2D eigenvalue weighted by Crippen LogP contribution is -2.29. The number of benzene rings is 1. The summed E-state index contributed by atoms with van der Waals surface area (Å²) < 4.78 is 18.7. The molecule has 0 aliphatic heterocycles. The van der Waals surface area contributed by atoms with Crippen molar-refractivity contribution in [1.29, 1.82) is 5.26 Å². The summed E-state index contributed by atoms with van der Waals surface area (Å²) in [4.78, 5) is 12.7. The van der Waals surface area contributed by atoms with Gasteiger partial charge in [-0.1, -0.05) is 49.8 Å². The highest BCUT2D eigenvalue weighted by Crippen LogP contribution is 2.36. The highest BCUT2D eigenvalue weighted by Gasteiger charge is 2.30. The van der Waals surface area contributed by atoms with Crippen molar-refractivity contribution in [2.24, 2.45) is 11.8 Å². The largest absolute Gasteiger partial charge is 0.462 e. The summed E-state index contributed by atoms with van der Waals surface area (Å²) in [5.74, 6) is 0.0844. The SMILES string of the molecule is CCCCc1ccc(C2CCC(OC(=O)C3CCC(C=CC=C(F)C#N)CC3)CC2)cc1. The fourth-order valence-corrected chi connectivity index (χ4v) is 4.99. The normalized spacial score (nSPS) is 26.6. The minimum absolute atomic E-state index is 0.0144. The van der Waals surface area contributed by atoms with Gasteiger partial charge in [-0.3, -0.25) is 4.79 Å². The summed E-state index contributed by atoms with van der Waals surface area (Å²) in [6, 6.07) is 10.6. The molecule has 2 saturated carbocycles. The van der Waals surface area contributed by atoms with Crippen LogP contribution in [0, 0.1) is 23.2 Å². The first-order chi connectivity index (χ1) is 15.6. The number of hydrogen-bond acceptors (Lipinski definition) is 3. The molecule has 32 heavy (non-hydrogen) atoms. The Bertz CT molecular complexity index is 820. The molecule has 4 heteroatoms. The van der Waals surface area contributed by atoms with Crippen molar-refractivity contribution in [3.63, 3.8) is 0 Å². The third kappa shape index (κ3) is 7.33. The number of halogens is 1. The van der Waals surface area contributed by atoms with Gasteiger partial charge in [0, 0.05) is 0 Å². The first-order valence-electron chi connectivity index (χ1n) is 12.3. The Balaban J connectivity index is 1.38. The van der Waals surface area contributed by atoms with Crippen LogP contribution in [0.4, 0.5) is 4.39 Å². The quantitative estimate of drug-likeness (QED) is 0.243. The van der Waals surface area contributed by atoms with Gasteiger partial charge in [0.15, 0.2) is 5.83 Å². The molecule has 1 aromatic carbocycles. The molecular formula is C28H36FNO2. The maximum atomic E-state index is 12.8. The first-order valence-corrected chi connectivity index (χ1v) is 12.3. The summed E-state index contributed by atoms with van der Waals surface area (Å²) in [6.45, 7) is 2.23. The fourth-order valence-electron chi connectivity index (χ4n) is 4.99. The standard InChI is InChI=1S/C28H36FNO2/c1-2-3-5-21-8-12-23(13-9-21)24-16-18-27(19-17-24)32-28(31)25-14-10-22(11-15-25)6-4-7-26(29)20-30/h4,6-9,12-13,22,24-25,27H,2-3,5,10-11,14-19H2,1H3. The van der Waals surface area contributed by atoms with Crippen LogP contribution in [0.1, 0.15) is 88.2 Å². The van der Waals surface area contributed by atoms with E-state index in [0.29, 0.717) is 11.8 Å². The molecule has 0 heterocycles. The highest BCUT2D eigenvalue weighted by molar-refractivity contribution is 5.72. The maximum absolute atomic E-state index is 12.8. The zero-order valence-corrected chi connectivity index (χ0v) is 19.3. The Morgan fingerprint density at radius 3 is 2.41 bits per heavy atom. The average molecular weight is 438 g/mol. The minimum Gasteiger partial charge on any atom is -0.462 e. The van der Waals surface area contributed by atoms with Gasteiger partial charge in [0.05, 0.1) is 5.92 Å². The Kier molecular flexibility index (Phi) is 9.53. The van der Waals surface area contributed by atoms with Gasteiger partial charge in [0.1, 0.15) is 12.2 Å². The van der Waals surface area contributed by atoms with E-state index in [1.54, 1.807) is 6.08 Å². The van der Waals surface area contributed by atoms with Crippen LogP contribution >= 0.6 is 0 Å². The van der Waals surface area contributed by atoms with Crippen LogP contribution in [0.15, 0.2) is 48.3 Å². The number of hydrogen-bond donors (Lipinski definition) is 0. The molecule has 0 aromatic heterocycles. The van der Waals surface area contributed by atoms with Crippen LogP contribution in [-0.4, -0.2) is 12.1 Å². The van der Waals surface area contributed by atoms with E-state index in [-0.39, 0.29) is 18.0 Å². The predicted octanol–water partition coefficient (Wildman–Crippen LogP) is 7.34. The second-order valence-corrected chi connectivity index (χ2v) is 9.38. The third-order valence-corrected chi connectivity index (χ3v) is 7.06. The van der Waals surface area contributed by atoms with E-state index >= 15 is 0 Å². The molecule has 2 fully saturated rings. The monoisotopic (exact) mass is 437 g/mol. The van der Waals surface area contributed by atoms with E-state index in [2.05, 4.69) is 31.2 Å². The average Bonchev–Trinajstić information content (AvgIpc) is 2.84. The number of unbranched alkanes of at least 4 members (excludes halogenated alkanes) is 1. The summed E-state index contributed by atoms with van der Waals surface area (Å²) in [5.41, 5.74) is 2.85. The van der Waals surface area contributed by atoms with Crippen molar-refractivity contribution in [3.8, 4) is 6.07 Å². The molecule has 172 valence electrons. The summed E-state index contributed by atoms with van der Waals surface area (Å²) in [5, 5.41) is 8.43. The summed E-state index contributed by atoms with van der Waals surface area (Å²) in [6.07, 6.45) is 15.9. The molecule has 2 aliphatic rings. The zero-order valence-electron chi connectivity index (χ0n) is 19.3. The van der Waals surface area contributed by atoms with Crippen molar-refractivity contribution in [1.82, 2.24) is 0 Å². The molecule has 3 nitrogen and oxygen atoms in total. The van der Waals surface area contributed by atoms with Crippen LogP contribution in [0.5, 0.6) is 0 Å². The van der Waals surface area contributed by atoms with Gasteiger partial charge in [-0.2, -0.15) is 9.65 Å². The molecule has 0 saturated heterocycles. The molecule has 0 atom stereocenters. The number of carbonyl (C=O) groups excluding carboxylic acids is 1. The lowest BCUT2D eigenvalue weighted by molar-refractivity contribution is -0.157. The van der Waals surface area contributed by atoms with Gasteiger partial charge in [0.2, 0.25) is 0 Å². The van der Waals surface area contributed by atoms with Gasteiger partial charge in [-0.15, -0.1) is 0 Å². The first kappa shape index (κ1) is 24.2.